The van der Waals surface area contributed by atoms with Crippen molar-refractivity contribution in [1.29, 1.82) is 0 Å². The molecule has 0 amide bonds. The van der Waals surface area contributed by atoms with Gasteiger partial charge in [-0.2, -0.15) is 0 Å². The molecule has 0 aliphatic carbocycles. The minimum absolute atomic E-state index is 0.00294. The van der Waals surface area contributed by atoms with Crippen molar-refractivity contribution in [3.63, 3.8) is 0 Å². The van der Waals surface area contributed by atoms with Crippen molar-refractivity contribution in [3.05, 3.63) is 0 Å². The minimum Gasteiger partial charge on any atom is -0.394 e. The molecule has 2 heterocycles. The molecule has 136 valence electrons. The summed E-state index contributed by atoms with van der Waals surface area (Å²) >= 11 is 0. The molecule has 0 bridgehead atoms. The monoisotopic (exact) mass is 330 g/mol. The maximum atomic E-state index is 9.47. The van der Waals surface area contributed by atoms with E-state index < -0.39 is 0 Å². The van der Waals surface area contributed by atoms with Gasteiger partial charge in [-0.05, 0) is 57.3 Å². The number of ether oxygens (including phenoxy) is 4. The lowest BCUT2D eigenvalue weighted by Crippen LogP contribution is -2.30. The van der Waals surface area contributed by atoms with Crippen LogP contribution >= 0.6 is 0 Å². The van der Waals surface area contributed by atoms with Crippen LogP contribution in [0.25, 0.3) is 0 Å². The summed E-state index contributed by atoms with van der Waals surface area (Å²) in [6, 6.07) is 0. The highest BCUT2D eigenvalue weighted by Crippen LogP contribution is 2.19. The molecule has 0 saturated carbocycles. The van der Waals surface area contributed by atoms with E-state index in [9.17, 15) is 5.11 Å². The van der Waals surface area contributed by atoms with E-state index >= 15 is 0 Å². The predicted octanol–water partition coefficient (Wildman–Crippen LogP) is 3.24. The van der Waals surface area contributed by atoms with Crippen LogP contribution in [-0.4, -0.2) is 50.2 Å². The van der Waals surface area contributed by atoms with Crippen LogP contribution in [0.3, 0.4) is 0 Å². The van der Waals surface area contributed by atoms with Crippen LogP contribution in [0.1, 0.15) is 64.7 Å². The molecule has 5 nitrogen and oxygen atoms in total. The Kier molecular flexibility index (Phi) is 9.46. The van der Waals surface area contributed by atoms with Gasteiger partial charge >= 0.3 is 0 Å². The molecule has 0 aromatic carbocycles. The second-order valence-electron chi connectivity index (χ2n) is 6.90. The Labute approximate surface area is 140 Å². The average Bonchev–Trinajstić information content (AvgIpc) is 2.61. The Hall–Kier alpha value is -0.200. The molecule has 0 radical (unpaired) electrons. The standard InChI is InChI=1S/C18H34O5/c1-15(14-22-17-9-2-4-11-20-17)7-6-8-16(13-19)23-18-10-3-5-12-21-18/h15-19H,2-14H2,1H3. The van der Waals surface area contributed by atoms with E-state index in [1.54, 1.807) is 0 Å². The molecule has 5 heteroatoms. The number of rotatable bonds is 10. The lowest BCUT2D eigenvalue weighted by atomic mass is 10.0. The van der Waals surface area contributed by atoms with E-state index in [0.29, 0.717) is 5.92 Å². The van der Waals surface area contributed by atoms with Crippen LogP contribution in [0.15, 0.2) is 0 Å². The zero-order valence-corrected chi connectivity index (χ0v) is 14.6. The quantitative estimate of drug-likeness (QED) is 0.666. The summed E-state index contributed by atoms with van der Waals surface area (Å²) < 4.78 is 22.8. The van der Waals surface area contributed by atoms with Crippen LogP contribution in [0.5, 0.6) is 0 Å². The topological polar surface area (TPSA) is 57.2 Å². The van der Waals surface area contributed by atoms with Crippen LogP contribution in [-0.2, 0) is 18.9 Å². The predicted molar refractivity (Wildman–Crippen MR) is 88.1 cm³/mol. The first-order valence-electron chi connectivity index (χ1n) is 9.39. The van der Waals surface area contributed by atoms with Crippen molar-refractivity contribution >= 4 is 0 Å². The van der Waals surface area contributed by atoms with Crippen molar-refractivity contribution in [1.82, 2.24) is 0 Å². The third-order valence-corrected chi connectivity index (χ3v) is 4.61. The van der Waals surface area contributed by atoms with Gasteiger partial charge in [0.15, 0.2) is 12.6 Å². The smallest absolute Gasteiger partial charge is 0.158 e. The van der Waals surface area contributed by atoms with Crippen molar-refractivity contribution in [2.24, 2.45) is 5.92 Å². The van der Waals surface area contributed by atoms with Crippen molar-refractivity contribution in [2.75, 3.05) is 26.4 Å². The Morgan fingerprint density at radius 2 is 1.70 bits per heavy atom. The fourth-order valence-electron chi connectivity index (χ4n) is 3.13. The third kappa shape index (κ3) is 7.94. The zero-order valence-electron chi connectivity index (χ0n) is 14.6. The SMILES string of the molecule is CC(CCCC(CO)OC1CCCCO1)COC1CCCCO1. The van der Waals surface area contributed by atoms with Gasteiger partial charge < -0.3 is 24.1 Å². The zero-order chi connectivity index (χ0) is 16.3. The first kappa shape index (κ1) is 19.1. The maximum Gasteiger partial charge on any atom is 0.158 e. The van der Waals surface area contributed by atoms with E-state index in [2.05, 4.69) is 6.92 Å². The molecular formula is C18H34O5. The molecule has 4 unspecified atom stereocenters. The summed E-state index contributed by atoms with van der Waals surface area (Å²) in [6.45, 7) is 4.64. The van der Waals surface area contributed by atoms with Gasteiger partial charge in [-0.1, -0.05) is 13.3 Å². The highest BCUT2D eigenvalue weighted by molar-refractivity contribution is 4.63. The largest absolute Gasteiger partial charge is 0.394 e. The lowest BCUT2D eigenvalue weighted by Gasteiger charge is -2.27. The Morgan fingerprint density at radius 3 is 2.30 bits per heavy atom. The van der Waals surface area contributed by atoms with Gasteiger partial charge in [-0.3, -0.25) is 0 Å². The fraction of sp³-hybridized carbons (Fsp3) is 1.00. The molecular weight excluding hydrogens is 296 g/mol. The van der Waals surface area contributed by atoms with Crippen molar-refractivity contribution < 1.29 is 24.1 Å². The Morgan fingerprint density at radius 1 is 1.00 bits per heavy atom. The second-order valence-corrected chi connectivity index (χ2v) is 6.90. The molecule has 2 saturated heterocycles. The summed E-state index contributed by atoms with van der Waals surface area (Å²) in [5.74, 6) is 0.505. The van der Waals surface area contributed by atoms with Gasteiger partial charge in [0.25, 0.3) is 0 Å². The van der Waals surface area contributed by atoms with Gasteiger partial charge in [0.2, 0.25) is 0 Å². The molecule has 4 atom stereocenters. The second kappa shape index (κ2) is 11.4. The van der Waals surface area contributed by atoms with E-state index in [0.717, 1.165) is 71.2 Å². The molecule has 2 rings (SSSR count). The molecule has 1 N–H and O–H groups in total. The van der Waals surface area contributed by atoms with Gasteiger partial charge in [-0.25, -0.2) is 0 Å². The highest BCUT2D eigenvalue weighted by Gasteiger charge is 2.20. The number of hydrogen-bond acceptors (Lipinski definition) is 5. The summed E-state index contributed by atoms with van der Waals surface area (Å²) in [5, 5.41) is 9.47. The van der Waals surface area contributed by atoms with Gasteiger partial charge in [-0.15, -0.1) is 0 Å². The third-order valence-electron chi connectivity index (χ3n) is 4.61. The van der Waals surface area contributed by atoms with Crippen LogP contribution in [0, 0.1) is 5.92 Å². The summed E-state index contributed by atoms with van der Waals surface area (Å²) in [5.41, 5.74) is 0. The molecule has 0 spiro atoms. The number of hydrogen-bond donors (Lipinski definition) is 1. The first-order chi connectivity index (χ1) is 11.3. The van der Waals surface area contributed by atoms with Crippen molar-refractivity contribution in [2.45, 2.75) is 83.4 Å². The number of aliphatic hydroxyl groups excluding tert-OH is 1. The lowest BCUT2D eigenvalue weighted by molar-refractivity contribution is -0.196. The summed E-state index contributed by atoms with van der Waals surface area (Å²) in [7, 11) is 0. The van der Waals surface area contributed by atoms with E-state index in [4.69, 9.17) is 18.9 Å². The van der Waals surface area contributed by atoms with E-state index in [1.807, 2.05) is 0 Å². The Balaban J connectivity index is 1.52. The number of aliphatic hydroxyl groups is 1. The fourth-order valence-corrected chi connectivity index (χ4v) is 3.13. The van der Waals surface area contributed by atoms with E-state index in [-0.39, 0.29) is 25.3 Å². The summed E-state index contributed by atoms with van der Waals surface area (Å²) in [6.07, 6.45) is 9.37. The molecule has 2 aliphatic rings. The molecule has 2 fully saturated rings. The summed E-state index contributed by atoms with van der Waals surface area (Å²) in [4.78, 5) is 0. The maximum absolute atomic E-state index is 9.47. The van der Waals surface area contributed by atoms with E-state index in [1.165, 1.54) is 6.42 Å². The van der Waals surface area contributed by atoms with Gasteiger partial charge in [0, 0.05) is 13.2 Å². The van der Waals surface area contributed by atoms with Crippen LogP contribution in [0.4, 0.5) is 0 Å². The normalized spacial score (nSPS) is 28.4. The van der Waals surface area contributed by atoms with Crippen LogP contribution < -0.4 is 0 Å². The average molecular weight is 330 g/mol. The highest BCUT2D eigenvalue weighted by atomic mass is 16.7. The molecule has 2 aliphatic heterocycles. The minimum atomic E-state index is -0.120. The Bertz CT molecular complexity index is 287. The molecule has 23 heavy (non-hydrogen) atoms. The van der Waals surface area contributed by atoms with Crippen LogP contribution in [0.2, 0.25) is 0 Å². The van der Waals surface area contributed by atoms with Crippen molar-refractivity contribution in [3.8, 4) is 0 Å². The van der Waals surface area contributed by atoms with Gasteiger partial charge in [0.1, 0.15) is 0 Å². The molecule has 0 aromatic heterocycles. The van der Waals surface area contributed by atoms with Gasteiger partial charge in [0.05, 0.1) is 19.3 Å². The molecule has 0 aromatic rings. The first-order valence-corrected chi connectivity index (χ1v) is 9.39.